The molecule has 5 aromatic rings. The number of nitrogens with zero attached hydrogens (tertiary/aromatic N) is 1. The summed E-state index contributed by atoms with van der Waals surface area (Å²) in [6.07, 6.45) is 3.11. The van der Waals surface area contributed by atoms with Crippen LogP contribution in [0.4, 0.5) is 0 Å². The van der Waals surface area contributed by atoms with Crippen molar-refractivity contribution in [2.75, 3.05) is 0 Å². The van der Waals surface area contributed by atoms with Gasteiger partial charge < -0.3 is 10.2 Å². The highest BCUT2D eigenvalue weighted by Gasteiger charge is 2.32. The minimum atomic E-state index is -1.10. The van der Waals surface area contributed by atoms with Gasteiger partial charge in [-0.1, -0.05) is 54.6 Å². The van der Waals surface area contributed by atoms with E-state index in [0.717, 1.165) is 45.3 Å². The van der Waals surface area contributed by atoms with Crippen LogP contribution in [0.3, 0.4) is 0 Å². The van der Waals surface area contributed by atoms with Crippen molar-refractivity contribution in [1.29, 1.82) is 0 Å². The number of carbonyl (C=O) groups is 1. The first kappa shape index (κ1) is 21.6. The molecule has 0 bridgehead atoms. The van der Waals surface area contributed by atoms with Gasteiger partial charge in [0.1, 0.15) is 16.3 Å². The van der Waals surface area contributed by atoms with Crippen LogP contribution in [-0.2, 0) is 12.8 Å². The van der Waals surface area contributed by atoms with Crippen molar-refractivity contribution >= 4 is 32.9 Å². The molecule has 0 atom stereocenters. The first-order chi connectivity index (χ1) is 17.0. The number of pyridine rings is 1. The van der Waals surface area contributed by atoms with Crippen molar-refractivity contribution in [1.82, 2.24) is 4.40 Å². The van der Waals surface area contributed by atoms with Gasteiger partial charge in [-0.15, -0.1) is 11.3 Å². The number of aromatic carboxylic acids is 1. The van der Waals surface area contributed by atoms with Crippen LogP contribution in [-0.4, -0.2) is 20.6 Å². The number of fused-ring (bicyclic) bond motifs is 2. The van der Waals surface area contributed by atoms with E-state index in [9.17, 15) is 19.8 Å². The van der Waals surface area contributed by atoms with Gasteiger partial charge in [0.05, 0.1) is 0 Å². The summed E-state index contributed by atoms with van der Waals surface area (Å²) in [5.41, 5.74) is 3.89. The first-order valence-electron chi connectivity index (χ1n) is 11.7. The second kappa shape index (κ2) is 8.40. The summed E-state index contributed by atoms with van der Waals surface area (Å²) in [6.45, 7) is 0. The minimum Gasteiger partial charge on any atom is -0.508 e. The molecular weight excluding hydrogens is 458 g/mol. The van der Waals surface area contributed by atoms with Crippen molar-refractivity contribution in [3.8, 4) is 5.75 Å². The van der Waals surface area contributed by atoms with Crippen LogP contribution in [0.15, 0.2) is 77.6 Å². The topological polar surface area (TPSA) is 79.0 Å². The Morgan fingerprint density at radius 1 is 0.943 bits per heavy atom. The third-order valence-electron chi connectivity index (χ3n) is 6.76. The molecule has 1 fully saturated rings. The van der Waals surface area contributed by atoms with Crippen molar-refractivity contribution in [2.24, 2.45) is 0 Å². The first-order valence-corrected chi connectivity index (χ1v) is 12.5. The second-order valence-electron chi connectivity index (χ2n) is 9.17. The number of aromatic hydroxyl groups is 1. The van der Waals surface area contributed by atoms with E-state index in [0.29, 0.717) is 23.6 Å². The van der Waals surface area contributed by atoms with Gasteiger partial charge in [0, 0.05) is 17.4 Å². The molecule has 174 valence electrons. The number of rotatable bonds is 6. The largest absolute Gasteiger partial charge is 0.508 e. The highest BCUT2D eigenvalue weighted by Crippen LogP contribution is 2.46. The lowest BCUT2D eigenvalue weighted by molar-refractivity contribution is 0.0688. The monoisotopic (exact) mass is 481 g/mol. The highest BCUT2D eigenvalue weighted by atomic mass is 32.1. The third-order valence-corrected chi connectivity index (χ3v) is 7.94. The van der Waals surface area contributed by atoms with Crippen LogP contribution in [0.25, 0.3) is 15.6 Å². The second-order valence-corrected chi connectivity index (χ2v) is 10.3. The zero-order valence-corrected chi connectivity index (χ0v) is 19.7. The number of phenolic OH excluding ortho intramolecular Hbond substituents is 1. The van der Waals surface area contributed by atoms with Gasteiger partial charge in [0.15, 0.2) is 0 Å². The average molecular weight is 482 g/mol. The Bertz CT molecular complexity index is 1650. The zero-order valence-electron chi connectivity index (χ0n) is 18.9. The molecule has 6 rings (SSSR count). The molecule has 6 heteroatoms. The molecule has 0 amide bonds. The summed E-state index contributed by atoms with van der Waals surface area (Å²) in [5, 5.41) is 22.0. The van der Waals surface area contributed by atoms with E-state index in [1.807, 2.05) is 18.2 Å². The zero-order chi connectivity index (χ0) is 24.1. The molecule has 2 N–H and O–H groups in total. The van der Waals surface area contributed by atoms with E-state index in [4.69, 9.17) is 0 Å². The van der Waals surface area contributed by atoms with E-state index in [-0.39, 0.29) is 17.0 Å². The Labute approximate surface area is 205 Å². The van der Waals surface area contributed by atoms with Gasteiger partial charge in [-0.3, -0.25) is 9.20 Å². The van der Waals surface area contributed by atoms with Crippen molar-refractivity contribution in [3.05, 3.63) is 116 Å². The van der Waals surface area contributed by atoms with Crippen LogP contribution >= 0.6 is 11.3 Å². The smallest absolute Gasteiger partial charge is 0.354 e. The fraction of sp³-hybridized carbons (Fsp3) is 0.172. The van der Waals surface area contributed by atoms with Crippen LogP contribution in [0.5, 0.6) is 5.75 Å². The molecule has 0 spiro atoms. The standard InChI is InChI=1S/C29H23NO4S/c31-22-12-8-17(9-13-22)14-24-27(29(33)34)30-25(32)16-21(26(19-10-11-19)28(30)35-24)15-20-6-3-5-18-4-1-2-7-23(18)20/h1-9,12-13,16,19,31H,10-11,14-15H2,(H,33,34). The average Bonchev–Trinajstić information content (AvgIpc) is 3.60. The van der Waals surface area contributed by atoms with E-state index >= 15 is 0 Å². The Morgan fingerprint density at radius 3 is 2.43 bits per heavy atom. The maximum Gasteiger partial charge on any atom is 0.354 e. The molecule has 5 nitrogen and oxygen atoms in total. The maximum atomic E-state index is 13.4. The van der Waals surface area contributed by atoms with Crippen LogP contribution in [0, 0.1) is 0 Å². The number of hydrogen-bond donors (Lipinski definition) is 2. The van der Waals surface area contributed by atoms with E-state index in [1.54, 1.807) is 30.3 Å². The number of carboxylic acid groups (broad SMARTS) is 1. The summed E-state index contributed by atoms with van der Waals surface area (Å²) >= 11 is 1.41. The molecule has 0 unspecified atom stereocenters. The summed E-state index contributed by atoms with van der Waals surface area (Å²) in [4.78, 5) is 27.1. The van der Waals surface area contributed by atoms with Gasteiger partial charge in [-0.25, -0.2) is 4.79 Å². The Kier molecular flexibility index (Phi) is 5.19. The molecular formula is C29H23NO4S. The number of hydrogen-bond acceptors (Lipinski definition) is 4. The van der Waals surface area contributed by atoms with E-state index < -0.39 is 5.97 Å². The number of carboxylic acids is 1. The molecule has 0 radical (unpaired) electrons. The van der Waals surface area contributed by atoms with Crippen molar-refractivity contribution in [3.63, 3.8) is 0 Å². The molecule has 1 aliphatic carbocycles. The summed E-state index contributed by atoms with van der Waals surface area (Å²) in [7, 11) is 0. The van der Waals surface area contributed by atoms with Gasteiger partial charge in [0.25, 0.3) is 5.56 Å². The third kappa shape index (κ3) is 3.90. The van der Waals surface area contributed by atoms with E-state index in [2.05, 4.69) is 24.3 Å². The lowest BCUT2D eigenvalue weighted by Crippen LogP contribution is -2.20. The molecule has 3 aromatic carbocycles. The quantitative estimate of drug-likeness (QED) is 0.313. The van der Waals surface area contributed by atoms with Gasteiger partial charge in [0.2, 0.25) is 0 Å². The molecule has 0 saturated heterocycles. The Hall–Kier alpha value is -3.90. The fourth-order valence-electron chi connectivity index (χ4n) is 4.99. The van der Waals surface area contributed by atoms with Gasteiger partial charge in [-0.2, -0.15) is 0 Å². The minimum absolute atomic E-state index is 0.0432. The normalized spacial score (nSPS) is 13.5. The van der Waals surface area contributed by atoms with Crippen LogP contribution in [0.2, 0.25) is 0 Å². The summed E-state index contributed by atoms with van der Waals surface area (Å²) in [6, 6.07) is 22.9. The highest BCUT2D eigenvalue weighted by molar-refractivity contribution is 7.18. The molecule has 0 aliphatic heterocycles. The lowest BCUT2D eigenvalue weighted by Gasteiger charge is -2.13. The SMILES string of the molecule is O=C(O)c1c(Cc2ccc(O)cc2)sc2c(C3CC3)c(Cc3cccc4ccccc34)cc(=O)n12. The van der Waals surface area contributed by atoms with Crippen LogP contribution in [0.1, 0.15) is 56.4 Å². The van der Waals surface area contributed by atoms with Gasteiger partial charge in [-0.05, 0) is 70.3 Å². The number of aromatic nitrogens is 1. The predicted octanol–water partition coefficient (Wildman–Crippen LogP) is 5.98. The fourth-order valence-corrected chi connectivity index (χ4v) is 6.42. The number of thiazole rings is 1. The van der Waals surface area contributed by atoms with Crippen LogP contribution < -0.4 is 5.56 Å². The molecule has 2 heterocycles. The molecule has 35 heavy (non-hydrogen) atoms. The summed E-state index contributed by atoms with van der Waals surface area (Å²) in [5.74, 6) is -0.595. The van der Waals surface area contributed by atoms with E-state index in [1.165, 1.54) is 21.1 Å². The Morgan fingerprint density at radius 2 is 1.69 bits per heavy atom. The molecule has 1 saturated carbocycles. The van der Waals surface area contributed by atoms with Crippen molar-refractivity contribution < 1.29 is 15.0 Å². The van der Waals surface area contributed by atoms with Crippen molar-refractivity contribution in [2.45, 2.75) is 31.6 Å². The number of benzene rings is 3. The van der Waals surface area contributed by atoms with Gasteiger partial charge >= 0.3 is 5.97 Å². The predicted molar refractivity (Wildman–Crippen MR) is 138 cm³/mol. The maximum absolute atomic E-state index is 13.4. The summed E-state index contributed by atoms with van der Waals surface area (Å²) < 4.78 is 1.41. The molecule has 2 aromatic heterocycles. The number of phenols is 1. The molecule has 1 aliphatic rings. The lowest BCUT2D eigenvalue weighted by atomic mass is 9.95. The Balaban J connectivity index is 1.53.